The average Bonchev–Trinajstić information content (AvgIpc) is 3.54. The molecule has 0 bridgehead atoms. The summed E-state index contributed by atoms with van der Waals surface area (Å²) in [7, 11) is 0. The summed E-state index contributed by atoms with van der Waals surface area (Å²) in [5.41, 5.74) is 4.15. The zero-order valence-electron chi connectivity index (χ0n) is 19.2. The molecule has 1 aromatic heterocycles. The molecule has 5 rings (SSSR count). The summed E-state index contributed by atoms with van der Waals surface area (Å²) in [6.07, 6.45) is 8.06. The van der Waals surface area contributed by atoms with E-state index >= 15 is 0 Å². The monoisotopic (exact) mass is 459 g/mol. The Morgan fingerprint density at radius 1 is 1.00 bits per heavy atom. The van der Waals surface area contributed by atoms with E-state index < -0.39 is 12.1 Å². The number of aromatic nitrogens is 2. The molecule has 1 N–H and O–H groups in total. The summed E-state index contributed by atoms with van der Waals surface area (Å²) in [4.78, 5) is 20.8. The van der Waals surface area contributed by atoms with Gasteiger partial charge in [0.15, 0.2) is 0 Å². The Hall–Kier alpha value is -3.48. The molecule has 1 aliphatic heterocycles. The highest BCUT2D eigenvalue weighted by Gasteiger charge is 2.34. The van der Waals surface area contributed by atoms with Gasteiger partial charge in [0, 0.05) is 18.4 Å². The van der Waals surface area contributed by atoms with Crippen LogP contribution in [0.4, 0.5) is 0 Å². The summed E-state index contributed by atoms with van der Waals surface area (Å²) in [6.45, 7) is 0. The van der Waals surface area contributed by atoms with Crippen LogP contribution in [0.25, 0.3) is 11.4 Å². The summed E-state index contributed by atoms with van der Waals surface area (Å²) >= 11 is 0. The van der Waals surface area contributed by atoms with Gasteiger partial charge in [-0.05, 0) is 35.8 Å². The van der Waals surface area contributed by atoms with E-state index in [2.05, 4.69) is 45.6 Å². The fourth-order valence-corrected chi connectivity index (χ4v) is 5.24. The van der Waals surface area contributed by atoms with Crippen LogP contribution >= 0.6 is 0 Å². The van der Waals surface area contributed by atoms with Gasteiger partial charge < -0.3 is 14.5 Å². The summed E-state index contributed by atoms with van der Waals surface area (Å²) in [5.74, 6) is 0.361. The van der Waals surface area contributed by atoms with E-state index in [-0.39, 0.29) is 11.8 Å². The van der Waals surface area contributed by atoms with Crippen molar-refractivity contribution in [3.05, 3.63) is 71.6 Å². The van der Waals surface area contributed by atoms with Gasteiger partial charge >= 0.3 is 5.97 Å². The molecular formula is C27H29N3O4. The van der Waals surface area contributed by atoms with Gasteiger partial charge in [0.05, 0.1) is 12.1 Å². The Labute approximate surface area is 198 Å². The zero-order valence-corrected chi connectivity index (χ0v) is 19.2. The molecule has 1 fully saturated rings. The molecule has 2 aromatic carbocycles. The van der Waals surface area contributed by atoms with E-state index in [1.165, 1.54) is 37.7 Å². The minimum atomic E-state index is -0.886. The first kappa shape index (κ1) is 22.3. The highest BCUT2D eigenvalue weighted by atomic mass is 16.6. The first-order chi connectivity index (χ1) is 16.6. The van der Waals surface area contributed by atoms with Crippen LogP contribution in [0.15, 0.2) is 64.3 Å². The number of hydrogen-bond donors (Lipinski definition) is 1. The Bertz CT molecular complexity index is 1150. The molecular weight excluding hydrogens is 430 g/mol. The molecule has 34 heavy (non-hydrogen) atoms. The van der Waals surface area contributed by atoms with Gasteiger partial charge in [0.25, 0.3) is 0 Å². The Kier molecular flexibility index (Phi) is 6.43. The van der Waals surface area contributed by atoms with E-state index in [1.807, 2.05) is 24.3 Å². The zero-order chi connectivity index (χ0) is 23.4. The molecule has 0 saturated heterocycles. The normalized spacial score (nSPS) is 19.4. The summed E-state index contributed by atoms with van der Waals surface area (Å²) < 4.78 is 5.61. The highest BCUT2D eigenvalue weighted by Crippen LogP contribution is 2.42. The van der Waals surface area contributed by atoms with Gasteiger partial charge in [-0.25, -0.2) is 0 Å². The minimum absolute atomic E-state index is 0.0533. The van der Waals surface area contributed by atoms with Crippen molar-refractivity contribution in [3.8, 4) is 11.4 Å². The third-order valence-corrected chi connectivity index (χ3v) is 7.09. The highest BCUT2D eigenvalue weighted by molar-refractivity contribution is 6.01. The molecule has 0 spiro atoms. The number of benzene rings is 2. The van der Waals surface area contributed by atoms with Crippen molar-refractivity contribution in [2.24, 2.45) is 5.16 Å². The number of aliphatic carboxylic acids is 1. The second kappa shape index (κ2) is 9.79. The standard InChI is InChI=1S/C27H29N3O4/c31-25(32)18-22-17-23(29-33-22)19-9-11-20(12-10-19)26-28-24(34-30-26)13-16-27(14-5-2-6-15-27)21-7-3-1-4-8-21/h1,3-4,7-12,22H,2,5-6,13-18H2,(H,31,32)/t22-/m0/s1. The van der Waals surface area contributed by atoms with Crippen LogP contribution in [0.2, 0.25) is 0 Å². The number of nitrogens with zero attached hydrogens (tertiary/aromatic N) is 3. The molecule has 1 atom stereocenters. The lowest BCUT2D eigenvalue weighted by atomic mass is 9.67. The SMILES string of the molecule is O=C(O)C[C@@H]1CC(c2ccc(-c3noc(CCC4(c5ccccc5)CCCCC4)n3)cc2)=NO1. The maximum Gasteiger partial charge on any atom is 0.307 e. The number of carboxylic acid groups (broad SMARTS) is 1. The smallest absolute Gasteiger partial charge is 0.307 e. The number of carbonyl (C=O) groups is 1. The molecule has 0 unspecified atom stereocenters. The van der Waals surface area contributed by atoms with E-state index in [9.17, 15) is 4.79 Å². The Balaban J connectivity index is 1.24. The van der Waals surface area contributed by atoms with E-state index in [0.717, 1.165) is 29.7 Å². The van der Waals surface area contributed by atoms with Crippen LogP contribution in [0.5, 0.6) is 0 Å². The number of carboxylic acids is 1. The van der Waals surface area contributed by atoms with E-state index in [1.54, 1.807) is 0 Å². The molecule has 0 radical (unpaired) electrons. The topological polar surface area (TPSA) is 97.8 Å². The quantitative estimate of drug-likeness (QED) is 0.475. The fourth-order valence-electron chi connectivity index (χ4n) is 5.24. The van der Waals surface area contributed by atoms with Crippen molar-refractivity contribution in [3.63, 3.8) is 0 Å². The van der Waals surface area contributed by atoms with E-state index in [4.69, 9.17) is 14.5 Å². The lowest BCUT2D eigenvalue weighted by Gasteiger charge is -2.38. The van der Waals surface area contributed by atoms with Crippen LogP contribution in [0.3, 0.4) is 0 Å². The van der Waals surface area contributed by atoms with Gasteiger partial charge in [-0.3, -0.25) is 4.79 Å². The third-order valence-electron chi connectivity index (χ3n) is 7.09. The van der Waals surface area contributed by atoms with Crippen molar-refractivity contribution in [1.29, 1.82) is 0 Å². The molecule has 2 heterocycles. The summed E-state index contributed by atoms with van der Waals surface area (Å²) in [6, 6.07) is 18.6. The average molecular weight is 460 g/mol. The van der Waals surface area contributed by atoms with Gasteiger partial charge in [0.2, 0.25) is 11.7 Å². The van der Waals surface area contributed by atoms with Gasteiger partial charge in [-0.1, -0.05) is 84.2 Å². The lowest BCUT2D eigenvalue weighted by molar-refractivity contribution is -0.139. The second-order valence-corrected chi connectivity index (χ2v) is 9.36. The molecule has 7 nitrogen and oxygen atoms in total. The predicted octanol–water partition coefficient (Wildman–Crippen LogP) is 5.54. The van der Waals surface area contributed by atoms with Crippen LogP contribution < -0.4 is 0 Å². The Morgan fingerprint density at radius 2 is 1.74 bits per heavy atom. The number of aryl methyl sites for hydroxylation is 1. The minimum Gasteiger partial charge on any atom is -0.481 e. The molecule has 2 aliphatic rings. The largest absolute Gasteiger partial charge is 0.481 e. The number of rotatable bonds is 8. The van der Waals surface area contributed by atoms with Crippen molar-refractivity contribution in [1.82, 2.24) is 10.1 Å². The molecule has 1 saturated carbocycles. The van der Waals surface area contributed by atoms with Crippen LogP contribution in [-0.2, 0) is 21.5 Å². The molecule has 176 valence electrons. The van der Waals surface area contributed by atoms with Gasteiger partial charge in [0.1, 0.15) is 6.10 Å². The van der Waals surface area contributed by atoms with Gasteiger partial charge in [-0.15, -0.1) is 0 Å². The number of oxime groups is 1. The third kappa shape index (κ3) is 4.88. The van der Waals surface area contributed by atoms with Crippen molar-refractivity contribution < 1.29 is 19.3 Å². The predicted molar refractivity (Wildman–Crippen MR) is 128 cm³/mol. The first-order valence-corrected chi connectivity index (χ1v) is 12.0. The maximum atomic E-state index is 10.9. The lowest BCUT2D eigenvalue weighted by Crippen LogP contribution is -2.29. The van der Waals surface area contributed by atoms with Crippen molar-refractivity contribution in [2.75, 3.05) is 0 Å². The van der Waals surface area contributed by atoms with Crippen LogP contribution in [-0.4, -0.2) is 33.0 Å². The van der Waals surface area contributed by atoms with Gasteiger partial charge in [-0.2, -0.15) is 4.98 Å². The fraction of sp³-hybridized carbons (Fsp3) is 0.407. The van der Waals surface area contributed by atoms with Crippen LogP contribution in [0, 0.1) is 0 Å². The maximum absolute atomic E-state index is 10.9. The second-order valence-electron chi connectivity index (χ2n) is 9.36. The number of hydrogen-bond acceptors (Lipinski definition) is 6. The Morgan fingerprint density at radius 3 is 2.47 bits per heavy atom. The molecule has 1 aliphatic carbocycles. The van der Waals surface area contributed by atoms with Crippen molar-refractivity contribution in [2.45, 2.75) is 69.3 Å². The van der Waals surface area contributed by atoms with Crippen molar-refractivity contribution >= 4 is 11.7 Å². The van der Waals surface area contributed by atoms with Crippen LogP contribution in [0.1, 0.15) is 68.4 Å². The first-order valence-electron chi connectivity index (χ1n) is 12.0. The van der Waals surface area contributed by atoms with E-state index in [0.29, 0.717) is 18.1 Å². The summed E-state index contributed by atoms with van der Waals surface area (Å²) in [5, 5.41) is 17.2. The molecule has 7 heteroatoms. The molecule has 0 amide bonds. The molecule has 3 aromatic rings.